The lowest BCUT2D eigenvalue weighted by molar-refractivity contribution is -0.138. The molecule has 1 saturated heterocycles. The Bertz CT molecular complexity index is 630. The van der Waals surface area contributed by atoms with Crippen LogP contribution in [0.3, 0.4) is 0 Å². The smallest absolute Gasteiger partial charge is 0.227 e. The van der Waals surface area contributed by atoms with E-state index < -0.39 is 6.10 Å². The van der Waals surface area contributed by atoms with Gasteiger partial charge in [-0.05, 0) is 47.3 Å². The Kier molecular flexibility index (Phi) is 7.90. The molecule has 2 N–H and O–H groups in total. The molecule has 0 aliphatic carbocycles. The quantitative estimate of drug-likeness (QED) is 0.808. The van der Waals surface area contributed by atoms with Crippen LogP contribution in [0, 0.1) is 5.92 Å². The van der Waals surface area contributed by atoms with Crippen LogP contribution >= 0.6 is 23.7 Å². The minimum absolute atomic E-state index is 0. The van der Waals surface area contributed by atoms with E-state index in [2.05, 4.69) is 5.32 Å². The number of nitrogens with zero attached hydrogens (tertiary/aromatic N) is 1. The number of hydrogen-bond acceptors (Lipinski definition) is 4. The molecule has 0 radical (unpaired) electrons. The number of hydrogen-bond donors (Lipinski definition) is 2. The lowest BCUT2D eigenvalue weighted by atomic mass is 9.97. The second-order valence-corrected chi connectivity index (χ2v) is 7.10. The topological polar surface area (TPSA) is 52.6 Å². The number of carbonyl (C=O) groups is 1. The zero-order chi connectivity index (χ0) is 16.8. The number of thiophene rings is 1. The van der Waals surface area contributed by atoms with Crippen LogP contribution in [0.1, 0.15) is 30.1 Å². The van der Waals surface area contributed by atoms with Gasteiger partial charge in [0.05, 0.1) is 18.6 Å². The summed E-state index contributed by atoms with van der Waals surface area (Å²) < 4.78 is 0. The SMILES string of the molecule is Cl.O=C(C1CCCNC1)N(Cc1ccccc1)CC(O)c1ccsc1. The van der Waals surface area contributed by atoms with Crippen LogP contribution in [0.2, 0.25) is 0 Å². The van der Waals surface area contributed by atoms with Crippen LogP contribution in [0.15, 0.2) is 47.2 Å². The third-order valence-electron chi connectivity index (χ3n) is 4.50. The average molecular weight is 381 g/mol. The molecule has 1 aliphatic heterocycles. The predicted octanol–water partition coefficient (Wildman–Crippen LogP) is 3.23. The van der Waals surface area contributed by atoms with Crippen LogP contribution < -0.4 is 5.32 Å². The fraction of sp³-hybridized carbons (Fsp3) is 0.421. The Morgan fingerprint density at radius 3 is 2.76 bits per heavy atom. The van der Waals surface area contributed by atoms with Crippen molar-refractivity contribution in [1.29, 1.82) is 0 Å². The molecule has 6 heteroatoms. The first-order chi connectivity index (χ1) is 11.7. The Labute approximate surface area is 159 Å². The van der Waals surface area contributed by atoms with Gasteiger partial charge in [-0.3, -0.25) is 4.79 Å². The monoisotopic (exact) mass is 380 g/mol. The van der Waals surface area contributed by atoms with E-state index in [1.807, 2.05) is 52.1 Å². The van der Waals surface area contributed by atoms with Gasteiger partial charge in [-0.15, -0.1) is 12.4 Å². The van der Waals surface area contributed by atoms with Gasteiger partial charge < -0.3 is 15.3 Å². The largest absolute Gasteiger partial charge is 0.387 e. The second kappa shape index (κ2) is 9.92. The first kappa shape index (κ1) is 19.9. The van der Waals surface area contributed by atoms with Gasteiger partial charge in [-0.25, -0.2) is 0 Å². The highest BCUT2D eigenvalue weighted by Gasteiger charge is 2.27. The molecule has 2 aromatic rings. The van der Waals surface area contributed by atoms with Crippen LogP contribution in [0.25, 0.3) is 0 Å². The maximum Gasteiger partial charge on any atom is 0.227 e. The first-order valence-electron chi connectivity index (χ1n) is 8.47. The molecule has 1 aliphatic rings. The molecule has 0 bridgehead atoms. The van der Waals surface area contributed by atoms with Gasteiger partial charge in [0.15, 0.2) is 0 Å². The van der Waals surface area contributed by atoms with Crippen molar-refractivity contribution in [3.8, 4) is 0 Å². The van der Waals surface area contributed by atoms with Crippen molar-refractivity contribution in [3.05, 3.63) is 58.3 Å². The summed E-state index contributed by atoms with van der Waals surface area (Å²) in [5, 5.41) is 17.7. The molecule has 2 atom stereocenters. The summed E-state index contributed by atoms with van der Waals surface area (Å²) in [6, 6.07) is 11.9. The maximum absolute atomic E-state index is 13.0. The molecule has 0 saturated carbocycles. The van der Waals surface area contributed by atoms with E-state index in [0.717, 1.165) is 37.1 Å². The highest BCUT2D eigenvalue weighted by Crippen LogP contribution is 2.21. The summed E-state index contributed by atoms with van der Waals surface area (Å²) in [7, 11) is 0. The molecule has 0 spiro atoms. The van der Waals surface area contributed by atoms with Crippen LogP contribution in [0.5, 0.6) is 0 Å². The standard InChI is InChI=1S/C19H24N2O2S.ClH/c22-18(17-8-10-24-14-17)13-21(12-15-5-2-1-3-6-15)19(23)16-7-4-9-20-11-16;/h1-3,5-6,8,10,14,16,18,20,22H,4,7,9,11-13H2;1H. The lowest BCUT2D eigenvalue weighted by Gasteiger charge is -2.31. The van der Waals surface area contributed by atoms with E-state index in [1.54, 1.807) is 11.3 Å². The van der Waals surface area contributed by atoms with E-state index in [9.17, 15) is 9.90 Å². The van der Waals surface area contributed by atoms with Crippen molar-refractivity contribution in [2.24, 2.45) is 5.92 Å². The third kappa shape index (κ3) is 5.54. The molecule has 1 aromatic heterocycles. The van der Waals surface area contributed by atoms with E-state index in [-0.39, 0.29) is 24.2 Å². The highest BCUT2D eigenvalue weighted by atomic mass is 35.5. The summed E-state index contributed by atoms with van der Waals surface area (Å²) in [4.78, 5) is 14.8. The number of aliphatic hydroxyl groups is 1. The minimum Gasteiger partial charge on any atom is -0.387 e. The van der Waals surface area contributed by atoms with Gasteiger partial charge in [-0.2, -0.15) is 11.3 Å². The van der Waals surface area contributed by atoms with Crippen LogP contribution in [-0.2, 0) is 11.3 Å². The Morgan fingerprint density at radius 1 is 1.32 bits per heavy atom. The number of aliphatic hydroxyl groups excluding tert-OH is 1. The van der Waals surface area contributed by atoms with E-state index in [4.69, 9.17) is 0 Å². The second-order valence-electron chi connectivity index (χ2n) is 6.32. The van der Waals surface area contributed by atoms with Gasteiger partial charge in [0.1, 0.15) is 0 Å². The first-order valence-corrected chi connectivity index (χ1v) is 9.42. The molecule has 4 nitrogen and oxygen atoms in total. The number of carbonyl (C=O) groups excluding carboxylic acids is 1. The number of amides is 1. The van der Waals surface area contributed by atoms with Gasteiger partial charge in [0.2, 0.25) is 5.91 Å². The lowest BCUT2D eigenvalue weighted by Crippen LogP contribution is -2.44. The summed E-state index contributed by atoms with van der Waals surface area (Å²) >= 11 is 1.56. The van der Waals surface area contributed by atoms with Gasteiger partial charge in [-0.1, -0.05) is 30.3 Å². The molecule has 1 fully saturated rings. The number of nitrogens with one attached hydrogen (secondary N) is 1. The van der Waals surface area contributed by atoms with Gasteiger partial charge in [0.25, 0.3) is 0 Å². The Morgan fingerprint density at radius 2 is 2.12 bits per heavy atom. The molecular formula is C19H25ClN2O2S. The zero-order valence-corrected chi connectivity index (χ0v) is 15.8. The Hall–Kier alpha value is -1.40. The van der Waals surface area contributed by atoms with Crippen molar-refractivity contribution in [2.45, 2.75) is 25.5 Å². The van der Waals surface area contributed by atoms with Gasteiger partial charge in [0, 0.05) is 13.1 Å². The summed E-state index contributed by atoms with van der Waals surface area (Å²) in [6.45, 7) is 2.59. The van der Waals surface area contributed by atoms with E-state index in [0.29, 0.717) is 13.1 Å². The van der Waals surface area contributed by atoms with Gasteiger partial charge >= 0.3 is 0 Å². The molecular weight excluding hydrogens is 356 g/mol. The normalized spacial score (nSPS) is 18.2. The average Bonchev–Trinajstić information content (AvgIpc) is 3.17. The van der Waals surface area contributed by atoms with Crippen molar-refractivity contribution < 1.29 is 9.90 Å². The molecule has 136 valence electrons. The van der Waals surface area contributed by atoms with Crippen LogP contribution in [-0.4, -0.2) is 35.5 Å². The molecule has 2 unspecified atom stereocenters. The molecule has 1 amide bonds. The fourth-order valence-corrected chi connectivity index (χ4v) is 3.84. The third-order valence-corrected chi connectivity index (χ3v) is 5.20. The minimum atomic E-state index is -0.638. The fourth-order valence-electron chi connectivity index (χ4n) is 3.14. The van der Waals surface area contributed by atoms with Crippen molar-refractivity contribution in [2.75, 3.05) is 19.6 Å². The maximum atomic E-state index is 13.0. The van der Waals surface area contributed by atoms with E-state index in [1.165, 1.54) is 0 Å². The Balaban J connectivity index is 0.00000225. The zero-order valence-electron chi connectivity index (χ0n) is 14.1. The van der Waals surface area contributed by atoms with Crippen molar-refractivity contribution >= 4 is 29.7 Å². The number of rotatable bonds is 6. The van der Waals surface area contributed by atoms with Crippen LogP contribution in [0.4, 0.5) is 0 Å². The molecule has 3 rings (SSSR count). The highest BCUT2D eigenvalue weighted by molar-refractivity contribution is 7.07. The van der Waals surface area contributed by atoms with E-state index >= 15 is 0 Å². The summed E-state index contributed by atoms with van der Waals surface area (Å²) in [5.41, 5.74) is 1.97. The molecule has 25 heavy (non-hydrogen) atoms. The molecule has 2 heterocycles. The number of piperidine rings is 1. The summed E-state index contributed by atoms with van der Waals surface area (Å²) in [6.07, 6.45) is 1.31. The number of benzene rings is 1. The molecule has 1 aromatic carbocycles. The predicted molar refractivity (Wildman–Crippen MR) is 104 cm³/mol. The summed E-state index contributed by atoms with van der Waals surface area (Å²) in [5.74, 6) is 0.150. The van der Waals surface area contributed by atoms with Crippen molar-refractivity contribution in [3.63, 3.8) is 0 Å². The number of halogens is 1. The van der Waals surface area contributed by atoms with Crippen molar-refractivity contribution in [1.82, 2.24) is 10.2 Å².